The minimum absolute atomic E-state index is 0.164. The van der Waals surface area contributed by atoms with E-state index < -0.39 is 0 Å². The Hall–Kier alpha value is -3.20. The maximum absolute atomic E-state index is 13.6. The molecule has 0 aliphatic carbocycles. The Kier molecular flexibility index (Phi) is 4.75. The predicted octanol–water partition coefficient (Wildman–Crippen LogP) is 4.07. The molecule has 3 aromatic rings. The number of anilines is 2. The Bertz CT molecular complexity index is 929. The van der Waals surface area contributed by atoms with E-state index in [0.717, 1.165) is 10.9 Å². The molecule has 2 N–H and O–H groups in total. The number of benzene rings is 2. The van der Waals surface area contributed by atoms with Gasteiger partial charge in [-0.15, -0.1) is 0 Å². The molecule has 2 aromatic carbocycles. The van der Waals surface area contributed by atoms with Gasteiger partial charge in [0.15, 0.2) is 0 Å². The molecule has 25 heavy (non-hydrogen) atoms. The van der Waals surface area contributed by atoms with Crippen molar-refractivity contribution < 1.29 is 4.39 Å². The molecule has 6 heteroatoms. The zero-order valence-corrected chi connectivity index (χ0v) is 14.0. The fourth-order valence-corrected chi connectivity index (χ4v) is 2.44. The van der Waals surface area contributed by atoms with E-state index in [1.165, 1.54) is 12.1 Å². The average molecular weight is 335 g/mol. The second kappa shape index (κ2) is 7.14. The molecular weight excluding hydrogens is 317 g/mol. The Morgan fingerprint density at radius 3 is 2.56 bits per heavy atom. The third kappa shape index (κ3) is 4.01. The molecule has 0 spiro atoms. The molecule has 0 fully saturated rings. The Labute approximate surface area is 145 Å². The summed E-state index contributed by atoms with van der Waals surface area (Å²) in [5, 5.41) is 16.0. The highest BCUT2D eigenvalue weighted by Crippen LogP contribution is 2.23. The van der Waals surface area contributed by atoms with E-state index in [0.29, 0.717) is 29.4 Å². The molecule has 0 radical (unpaired) electrons. The fraction of sp³-hybridized carbons (Fsp3) is 0.211. The van der Waals surface area contributed by atoms with Crippen LogP contribution in [0.25, 0.3) is 10.9 Å². The van der Waals surface area contributed by atoms with Crippen molar-refractivity contribution in [3.05, 3.63) is 59.4 Å². The second-order valence-electron chi connectivity index (χ2n) is 6.02. The van der Waals surface area contributed by atoms with E-state index in [9.17, 15) is 4.39 Å². The molecule has 0 aliphatic heterocycles. The minimum Gasteiger partial charge on any atom is -0.365 e. The molecule has 5 nitrogen and oxygen atoms in total. The van der Waals surface area contributed by atoms with Crippen molar-refractivity contribution in [2.45, 2.75) is 26.4 Å². The summed E-state index contributed by atoms with van der Waals surface area (Å²) in [6.45, 7) is 4.52. The highest BCUT2D eigenvalue weighted by atomic mass is 19.1. The van der Waals surface area contributed by atoms with Gasteiger partial charge in [0.05, 0.1) is 17.1 Å². The van der Waals surface area contributed by atoms with Crippen molar-refractivity contribution >= 4 is 22.7 Å². The molecule has 0 saturated carbocycles. The largest absolute Gasteiger partial charge is 0.365 e. The highest BCUT2D eigenvalue weighted by molar-refractivity contribution is 5.90. The quantitative estimate of drug-likeness (QED) is 0.735. The topological polar surface area (TPSA) is 73.6 Å². The minimum atomic E-state index is -0.334. The molecule has 0 unspecified atom stereocenters. The number of nitriles is 1. The van der Waals surface area contributed by atoms with Crippen LogP contribution in [-0.4, -0.2) is 16.0 Å². The smallest absolute Gasteiger partial charge is 0.225 e. The van der Waals surface area contributed by atoms with Crippen LogP contribution in [0.2, 0.25) is 0 Å². The van der Waals surface area contributed by atoms with Crippen LogP contribution in [0.5, 0.6) is 0 Å². The molecular formula is C19H18FN5. The molecule has 126 valence electrons. The summed E-state index contributed by atoms with van der Waals surface area (Å²) in [5.74, 6) is 0.757. The first-order valence-corrected chi connectivity index (χ1v) is 8.02. The summed E-state index contributed by atoms with van der Waals surface area (Å²) in [6.07, 6.45) is 0. The summed E-state index contributed by atoms with van der Waals surface area (Å²) in [7, 11) is 0. The van der Waals surface area contributed by atoms with Crippen LogP contribution in [0.15, 0.2) is 42.5 Å². The lowest BCUT2D eigenvalue weighted by molar-refractivity contribution is 0.629. The monoisotopic (exact) mass is 335 g/mol. The van der Waals surface area contributed by atoms with Gasteiger partial charge in [-0.05, 0) is 43.7 Å². The van der Waals surface area contributed by atoms with E-state index in [4.69, 9.17) is 5.26 Å². The molecule has 0 amide bonds. The number of nitrogens with zero attached hydrogens (tertiary/aromatic N) is 3. The molecule has 0 aliphatic rings. The van der Waals surface area contributed by atoms with Gasteiger partial charge in [0.25, 0.3) is 0 Å². The van der Waals surface area contributed by atoms with Gasteiger partial charge in [-0.2, -0.15) is 10.2 Å². The second-order valence-corrected chi connectivity index (χ2v) is 6.02. The van der Waals surface area contributed by atoms with E-state index >= 15 is 0 Å². The van der Waals surface area contributed by atoms with Crippen LogP contribution in [-0.2, 0) is 6.54 Å². The van der Waals surface area contributed by atoms with E-state index in [2.05, 4.69) is 26.7 Å². The maximum Gasteiger partial charge on any atom is 0.225 e. The molecule has 0 atom stereocenters. The molecule has 3 rings (SSSR count). The summed E-state index contributed by atoms with van der Waals surface area (Å²) in [5.41, 5.74) is 2.18. The van der Waals surface area contributed by atoms with Gasteiger partial charge in [-0.1, -0.05) is 12.1 Å². The zero-order chi connectivity index (χ0) is 17.8. The number of hydrogen-bond donors (Lipinski definition) is 2. The molecule has 1 aromatic heterocycles. The van der Waals surface area contributed by atoms with Crippen molar-refractivity contribution in [1.29, 1.82) is 5.26 Å². The first-order valence-electron chi connectivity index (χ1n) is 8.02. The lowest BCUT2D eigenvalue weighted by Crippen LogP contribution is -2.14. The van der Waals surface area contributed by atoms with E-state index in [-0.39, 0.29) is 11.9 Å². The number of halogens is 1. The third-order valence-corrected chi connectivity index (χ3v) is 3.62. The highest BCUT2D eigenvalue weighted by Gasteiger charge is 2.09. The SMILES string of the molecule is CC(C)Nc1nc(NCc2ccc(C#N)cc2)c2ccc(F)cc2n1. The fourth-order valence-electron chi connectivity index (χ4n) is 2.44. The summed E-state index contributed by atoms with van der Waals surface area (Å²) < 4.78 is 13.6. The van der Waals surface area contributed by atoms with Crippen molar-refractivity contribution in [3.63, 3.8) is 0 Å². The predicted molar refractivity (Wildman–Crippen MR) is 96.7 cm³/mol. The molecule has 0 saturated heterocycles. The van der Waals surface area contributed by atoms with E-state index in [1.807, 2.05) is 26.0 Å². The van der Waals surface area contributed by atoms with Crippen molar-refractivity contribution in [1.82, 2.24) is 9.97 Å². The van der Waals surface area contributed by atoms with Crippen LogP contribution in [0, 0.1) is 17.1 Å². The number of fused-ring (bicyclic) bond motifs is 1. The Morgan fingerprint density at radius 2 is 1.88 bits per heavy atom. The first kappa shape index (κ1) is 16.7. The summed E-state index contributed by atoms with van der Waals surface area (Å²) in [6, 6.07) is 14.1. The van der Waals surface area contributed by atoms with Gasteiger partial charge in [-0.3, -0.25) is 0 Å². The van der Waals surface area contributed by atoms with Gasteiger partial charge >= 0.3 is 0 Å². The molecule has 1 heterocycles. The maximum atomic E-state index is 13.6. The van der Waals surface area contributed by atoms with E-state index in [1.54, 1.807) is 18.2 Å². The first-order chi connectivity index (χ1) is 12.0. The number of aromatic nitrogens is 2. The zero-order valence-electron chi connectivity index (χ0n) is 14.0. The lowest BCUT2D eigenvalue weighted by atomic mass is 10.1. The van der Waals surface area contributed by atoms with Crippen LogP contribution in [0.1, 0.15) is 25.0 Å². The number of nitrogens with one attached hydrogen (secondary N) is 2. The van der Waals surface area contributed by atoms with Crippen LogP contribution in [0.4, 0.5) is 16.2 Å². The third-order valence-electron chi connectivity index (χ3n) is 3.62. The Morgan fingerprint density at radius 1 is 1.12 bits per heavy atom. The van der Waals surface area contributed by atoms with Gasteiger partial charge in [0.1, 0.15) is 11.6 Å². The lowest BCUT2D eigenvalue weighted by Gasteiger charge is -2.13. The standard InChI is InChI=1S/C19H18FN5/c1-12(2)23-19-24-17-9-15(20)7-8-16(17)18(25-19)22-11-14-5-3-13(10-21)4-6-14/h3-9,12H,11H2,1-2H3,(H2,22,23,24,25). The van der Waals surface area contributed by atoms with Crippen LogP contribution < -0.4 is 10.6 Å². The van der Waals surface area contributed by atoms with Gasteiger partial charge in [-0.25, -0.2) is 9.37 Å². The normalized spacial score (nSPS) is 10.7. The van der Waals surface area contributed by atoms with Gasteiger partial charge < -0.3 is 10.6 Å². The van der Waals surface area contributed by atoms with Crippen molar-refractivity contribution in [2.24, 2.45) is 0 Å². The van der Waals surface area contributed by atoms with Crippen molar-refractivity contribution in [3.8, 4) is 6.07 Å². The number of rotatable bonds is 5. The summed E-state index contributed by atoms with van der Waals surface area (Å²) in [4.78, 5) is 8.89. The van der Waals surface area contributed by atoms with Crippen LogP contribution in [0.3, 0.4) is 0 Å². The molecule has 0 bridgehead atoms. The van der Waals surface area contributed by atoms with Gasteiger partial charge in [0, 0.05) is 24.0 Å². The summed E-state index contributed by atoms with van der Waals surface area (Å²) >= 11 is 0. The van der Waals surface area contributed by atoms with Gasteiger partial charge in [0.2, 0.25) is 5.95 Å². The van der Waals surface area contributed by atoms with Crippen molar-refractivity contribution in [2.75, 3.05) is 10.6 Å². The Balaban J connectivity index is 1.91. The number of hydrogen-bond acceptors (Lipinski definition) is 5. The van der Waals surface area contributed by atoms with Crippen LogP contribution >= 0.6 is 0 Å². The average Bonchev–Trinajstić information content (AvgIpc) is 2.59.